The Bertz CT molecular complexity index is 1430. The molecule has 0 aliphatic heterocycles. The van der Waals surface area contributed by atoms with E-state index in [-0.39, 0.29) is 29.2 Å². The number of nitro groups is 1. The van der Waals surface area contributed by atoms with Crippen molar-refractivity contribution in [3.05, 3.63) is 92.5 Å². The number of amides is 1. The van der Waals surface area contributed by atoms with E-state index >= 15 is 0 Å². The van der Waals surface area contributed by atoms with Gasteiger partial charge in [0.15, 0.2) is 0 Å². The predicted molar refractivity (Wildman–Crippen MR) is 130 cm³/mol. The molecule has 3 aromatic rings. The molecule has 0 spiro atoms. The number of hydrogen-bond donors (Lipinski definition) is 2. The smallest absolute Gasteiger partial charge is 0.421 e. The van der Waals surface area contributed by atoms with Crippen LogP contribution in [0.15, 0.2) is 65.6 Å². The van der Waals surface area contributed by atoms with Crippen LogP contribution in [0, 0.1) is 17.0 Å². The maximum Gasteiger partial charge on any atom is 0.421 e. The van der Waals surface area contributed by atoms with Gasteiger partial charge in [-0.25, -0.2) is 17.5 Å². The van der Waals surface area contributed by atoms with Crippen LogP contribution in [0.2, 0.25) is 5.02 Å². The van der Waals surface area contributed by atoms with E-state index in [1.807, 2.05) is 0 Å². The molecule has 1 amide bonds. The Balaban J connectivity index is 1.77. The van der Waals surface area contributed by atoms with Crippen molar-refractivity contribution >= 4 is 44.8 Å². The molecule has 0 atom stereocenters. The number of halogens is 4. The number of nitro benzene ring substituents is 1. The molecule has 0 aromatic heterocycles. The summed E-state index contributed by atoms with van der Waals surface area (Å²) < 4.78 is 65.0. The van der Waals surface area contributed by atoms with E-state index in [2.05, 4.69) is 5.32 Å². The second kappa shape index (κ2) is 10.6. The molecule has 3 rings (SSSR count). The maximum absolute atomic E-state index is 13.1. The van der Waals surface area contributed by atoms with Crippen LogP contribution in [0.25, 0.3) is 0 Å². The minimum atomic E-state index is -4.88. The first-order valence-electron chi connectivity index (χ1n) is 10.4. The molecule has 0 aliphatic carbocycles. The minimum absolute atomic E-state index is 0.0178. The molecular weight excluding hydrogens is 539 g/mol. The maximum atomic E-state index is 13.1. The highest BCUT2D eigenvalue weighted by atomic mass is 35.5. The Labute approximate surface area is 214 Å². The summed E-state index contributed by atoms with van der Waals surface area (Å²) in [4.78, 5) is 21.8. The number of carbonyl (C=O) groups is 1. The van der Waals surface area contributed by atoms with E-state index in [1.54, 1.807) is 19.1 Å². The normalized spacial score (nSPS) is 11.7. The second-order valence-corrected chi connectivity index (χ2v) is 10.1. The summed E-state index contributed by atoms with van der Waals surface area (Å²) in [6, 6.07) is 12.8. The highest BCUT2D eigenvalue weighted by molar-refractivity contribution is 7.89. The van der Waals surface area contributed by atoms with Gasteiger partial charge in [-0.1, -0.05) is 41.4 Å². The number of aryl methyl sites for hydroxylation is 1. The van der Waals surface area contributed by atoms with Gasteiger partial charge in [0, 0.05) is 18.3 Å². The lowest BCUT2D eigenvalue weighted by molar-refractivity contribution is -0.384. The highest BCUT2D eigenvalue weighted by Gasteiger charge is 2.36. The monoisotopic (exact) mass is 557 g/mol. The summed E-state index contributed by atoms with van der Waals surface area (Å²) in [6.45, 7) is 1.38. The number of carboxylic acid groups (broad SMARTS) is 1. The van der Waals surface area contributed by atoms with Gasteiger partial charge in [-0.15, -0.1) is 0 Å². The Hall–Kier alpha value is -3.84. The van der Waals surface area contributed by atoms with Gasteiger partial charge < -0.3 is 10.4 Å². The number of nitrogens with zero attached hydrogens (tertiary/aromatic N) is 2. The molecule has 0 bridgehead atoms. The van der Waals surface area contributed by atoms with Gasteiger partial charge >= 0.3 is 12.3 Å². The Morgan fingerprint density at radius 1 is 1.11 bits per heavy atom. The van der Waals surface area contributed by atoms with E-state index in [0.717, 1.165) is 11.6 Å². The van der Waals surface area contributed by atoms with E-state index in [4.69, 9.17) is 11.6 Å². The average Bonchev–Trinajstić information content (AvgIpc) is 2.79. The molecule has 0 heterocycles. The quantitative estimate of drug-likeness (QED) is 0.248. The van der Waals surface area contributed by atoms with Crippen molar-refractivity contribution < 1.29 is 36.4 Å². The molecule has 0 saturated carbocycles. The van der Waals surface area contributed by atoms with Crippen molar-refractivity contribution in [1.29, 1.82) is 0 Å². The van der Waals surface area contributed by atoms with Gasteiger partial charge in [0.25, 0.3) is 15.7 Å². The van der Waals surface area contributed by atoms with Crippen molar-refractivity contribution in [2.45, 2.75) is 24.4 Å². The van der Waals surface area contributed by atoms with Crippen LogP contribution in [0.4, 0.5) is 35.0 Å². The fourth-order valence-electron chi connectivity index (χ4n) is 3.33. The number of benzene rings is 3. The molecule has 9 nitrogen and oxygen atoms in total. The van der Waals surface area contributed by atoms with Crippen LogP contribution < -0.4 is 5.32 Å². The Morgan fingerprint density at radius 3 is 2.22 bits per heavy atom. The predicted octanol–water partition coefficient (Wildman–Crippen LogP) is 6.23. The summed E-state index contributed by atoms with van der Waals surface area (Å²) >= 11 is 5.68. The van der Waals surface area contributed by atoms with E-state index in [0.29, 0.717) is 15.9 Å². The summed E-state index contributed by atoms with van der Waals surface area (Å²) in [5.41, 5.74) is -0.833. The third-order valence-electron chi connectivity index (χ3n) is 5.25. The van der Waals surface area contributed by atoms with Crippen LogP contribution in [-0.4, -0.2) is 35.4 Å². The zero-order valence-corrected chi connectivity index (χ0v) is 20.6. The largest absolute Gasteiger partial charge is 0.464 e. The van der Waals surface area contributed by atoms with E-state index in [9.17, 15) is 41.6 Å². The lowest BCUT2D eigenvalue weighted by atomic mass is 10.1. The van der Waals surface area contributed by atoms with Gasteiger partial charge in [-0.05, 0) is 49.2 Å². The molecule has 0 radical (unpaired) electrons. The van der Waals surface area contributed by atoms with E-state index in [1.165, 1.54) is 36.4 Å². The van der Waals surface area contributed by atoms with Crippen molar-refractivity contribution in [2.24, 2.45) is 0 Å². The van der Waals surface area contributed by atoms with Gasteiger partial charge in [-0.3, -0.25) is 10.1 Å². The molecule has 14 heteroatoms. The standard InChI is InChI=1S/C23H19ClF3N3O6S/c1-14-2-8-17(9-3-14)37(35,36)29(22(31)32)11-10-15-4-6-16(7-5-15)28-20-13-19(24)18(23(25,26)27)12-21(20)30(33)34/h2-9,12-13,28H,10-11H2,1H3,(H,31,32). The second-order valence-electron chi connectivity index (χ2n) is 7.85. The summed E-state index contributed by atoms with van der Waals surface area (Å²) in [6.07, 6.45) is -6.51. The van der Waals surface area contributed by atoms with Crippen molar-refractivity contribution in [3.63, 3.8) is 0 Å². The first-order valence-corrected chi connectivity index (χ1v) is 12.3. The molecule has 0 aliphatic rings. The van der Waals surface area contributed by atoms with E-state index < -0.39 is 43.5 Å². The number of alkyl halides is 3. The number of anilines is 2. The molecule has 0 fully saturated rings. The molecular formula is C23H19ClF3N3O6S. The topological polar surface area (TPSA) is 130 Å². The van der Waals surface area contributed by atoms with Crippen molar-refractivity contribution in [2.75, 3.05) is 11.9 Å². The summed E-state index contributed by atoms with van der Waals surface area (Å²) in [7, 11) is -4.30. The molecule has 0 unspecified atom stereocenters. The summed E-state index contributed by atoms with van der Waals surface area (Å²) in [5.74, 6) is 0. The number of hydrogen-bond acceptors (Lipinski definition) is 6. The third kappa shape index (κ3) is 6.49. The Kier molecular flexibility index (Phi) is 7.98. The first kappa shape index (κ1) is 27.7. The van der Waals surface area contributed by atoms with Gasteiger partial charge in [0.1, 0.15) is 5.69 Å². The number of rotatable bonds is 8. The lowest BCUT2D eigenvalue weighted by Gasteiger charge is -2.19. The lowest BCUT2D eigenvalue weighted by Crippen LogP contribution is -2.37. The third-order valence-corrected chi connectivity index (χ3v) is 7.35. The number of sulfonamides is 1. The SMILES string of the molecule is Cc1ccc(S(=O)(=O)N(CCc2ccc(Nc3cc(Cl)c(C(F)(F)F)cc3[N+](=O)[O-])cc2)C(=O)O)cc1. The average molecular weight is 558 g/mol. The minimum Gasteiger partial charge on any atom is -0.464 e. The van der Waals surface area contributed by atoms with Crippen molar-refractivity contribution in [1.82, 2.24) is 4.31 Å². The number of nitrogens with one attached hydrogen (secondary N) is 1. The molecule has 0 saturated heterocycles. The first-order chi connectivity index (χ1) is 17.2. The zero-order chi connectivity index (χ0) is 27.5. The van der Waals surface area contributed by atoms with Gasteiger partial charge in [0.2, 0.25) is 0 Å². The Morgan fingerprint density at radius 2 is 1.70 bits per heavy atom. The molecule has 2 N–H and O–H groups in total. The fourth-order valence-corrected chi connectivity index (χ4v) is 4.87. The summed E-state index contributed by atoms with van der Waals surface area (Å²) in [5, 5.41) is 22.7. The van der Waals surface area contributed by atoms with Crippen molar-refractivity contribution in [3.8, 4) is 0 Å². The van der Waals surface area contributed by atoms with Crippen LogP contribution in [0.3, 0.4) is 0 Å². The molecule has 196 valence electrons. The molecule has 37 heavy (non-hydrogen) atoms. The van der Waals surface area contributed by atoms with Crippen LogP contribution in [0.1, 0.15) is 16.7 Å². The van der Waals surface area contributed by atoms with Crippen LogP contribution in [-0.2, 0) is 22.6 Å². The van der Waals surface area contributed by atoms with Gasteiger partial charge in [-0.2, -0.15) is 13.2 Å². The fraction of sp³-hybridized carbons (Fsp3) is 0.174. The van der Waals surface area contributed by atoms with Gasteiger partial charge in [0.05, 0.1) is 20.4 Å². The highest BCUT2D eigenvalue weighted by Crippen LogP contribution is 2.41. The van der Waals surface area contributed by atoms with Crippen LogP contribution in [0.5, 0.6) is 0 Å². The molecule has 3 aromatic carbocycles. The van der Waals surface area contributed by atoms with Crippen LogP contribution >= 0.6 is 11.6 Å². The zero-order valence-electron chi connectivity index (χ0n) is 19.0.